The molecule has 12 heteroatoms. The molecule has 0 fully saturated rings. The summed E-state index contributed by atoms with van der Waals surface area (Å²) in [6.07, 6.45) is 1.64. The zero-order valence-electron chi connectivity index (χ0n) is 22.2. The van der Waals surface area contributed by atoms with Crippen LogP contribution in [0.4, 0.5) is 15.6 Å². The zero-order chi connectivity index (χ0) is 29.6. The number of aromatic nitrogens is 1. The minimum Gasteiger partial charge on any atom is -0.496 e. The number of hydrogen-bond donors (Lipinski definition) is 3. The van der Waals surface area contributed by atoms with E-state index in [-0.39, 0.29) is 39.2 Å². The first-order valence-electron chi connectivity index (χ1n) is 12.4. The molecule has 0 aliphatic carbocycles. The number of para-hydroxylation sites is 1. The number of carboxylic acid groups (broad SMARTS) is 1. The molecule has 0 unspecified atom stereocenters. The Hall–Kier alpha value is -4.55. The van der Waals surface area contributed by atoms with Crippen molar-refractivity contribution in [2.24, 2.45) is 0 Å². The number of sulfone groups is 1. The molecule has 4 aromatic rings. The summed E-state index contributed by atoms with van der Waals surface area (Å²) >= 11 is 1.01. The van der Waals surface area contributed by atoms with Gasteiger partial charge in [-0.25, -0.2) is 18.2 Å². The molecule has 41 heavy (non-hydrogen) atoms. The number of nitrogens with zero attached hydrogens (tertiary/aromatic N) is 1. The number of nitrogens with one attached hydrogen (secondary N) is 2. The fraction of sp³-hybridized carbons (Fsp3) is 0.172. The summed E-state index contributed by atoms with van der Waals surface area (Å²) in [4.78, 5) is 41.5. The fourth-order valence-electron chi connectivity index (χ4n) is 4.00. The molecular weight excluding hydrogens is 566 g/mol. The van der Waals surface area contributed by atoms with E-state index < -0.39 is 21.8 Å². The van der Waals surface area contributed by atoms with Gasteiger partial charge >= 0.3 is 12.0 Å². The van der Waals surface area contributed by atoms with Gasteiger partial charge in [0.05, 0.1) is 29.0 Å². The molecule has 0 saturated heterocycles. The van der Waals surface area contributed by atoms with Crippen LogP contribution < -0.4 is 15.4 Å². The number of carbonyl (C=O) groups is 3. The van der Waals surface area contributed by atoms with Gasteiger partial charge in [0.1, 0.15) is 5.75 Å². The van der Waals surface area contributed by atoms with Crippen LogP contribution in [0.3, 0.4) is 0 Å². The lowest BCUT2D eigenvalue weighted by molar-refractivity contribution is -0.136. The summed E-state index contributed by atoms with van der Waals surface area (Å²) in [5.41, 5.74) is 2.47. The number of ketones is 1. The molecule has 0 aliphatic heterocycles. The van der Waals surface area contributed by atoms with Gasteiger partial charge in [-0.3, -0.25) is 14.9 Å². The maximum Gasteiger partial charge on any atom is 0.325 e. The number of rotatable bonds is 11. The van der Waals surface area contributed by atoms with E-state index >= 15 is 0 Å². The molecule has 0 spiro atoms. The molecule has 1 heterocycles. The van der Waals surface area contributed by atoms with Gasteiger partial charge in [-0.15, -0.1) is 11.3 Å². The van der Waals surface area contributed by atoms with Gasteiger partial charge in [0, 0.05) is 23.1 Å². The maximum atomic E-state index is 13.3. The van der Waals surface area contributed by atoms with E-state index in [1.807, 2.05) is 6.92 Å². The molecule has 0 radical (unpaired) electrons. The van der Waals surface area contributed by atoms with Gasteiger partial charge in [-0.2, -0.15) is 0 Å². The third-order valence-corrected chi connectivity index (χ3v) is 8.81. The molecule has 0 atom stereocenters. The number of urea groups is 1. The van der Waals surface area contributed by atoms with Crippen LogP contribution in [0.25, 0.3) is 0 Å². The van der Waals surface area contributed by atoms with Crippen molar-refractivity contribution >= 4 is 49.8 Å². The molecule has 2 amide bonds. The lowest BCUT2D eigenvalue weighted by atomic mass is 9.99. The Balaban J connectivity index is 1.43. The van der Waals surface area contributed by atoms with E-state index in [0.29, 0.717) is 22.6 Å². The van der Waals surface area contributed by atoms with Crippen LogP contribution >= 0.6 is 11.3 Å². The number of anilines is 2. The summed E-state index contributed by atoms with van der Waals surface area (Å²) in [7, 11) is -2.22. The summed E-state index contributed by atoms with van der Waals surface area (Å²) in [5.74, 6) is -1.16. The number of carboxylic acids is 1. The number of benzene rings is 3. The van der Waals surface area contributed by atoms with Gasteiger partial charge in [0.15, 0.2) is 20.8 Å². The first-order valence-corrected chi connectivity index (χ1v) is 14.9. The fourth-order valence-corrected chi connectivity index (χ4v) is 6.47. The van der Waals surface area contributed by atoms with Gasteiger partial charge in [-0.1, -0.05) is 35.9 Å². The molecule has 3 N–H and O–H groups in total. The van der Waals surface area contributed by atoms with Crippen LogP contribution in [0.2, 0.25) is 0 Å². The Labute approximate surface area is 240 Å². The van der Waals surface area contributed by atoms with Crippen molar-refractivity contribution in [1.82, 2.24) is 4.98 Å². The summed E-state index contributed by atoms with van der Waals surface area (Å²) in [6, 6.07) is 17.3. The van der Waals surface area contributed by atoms with Crippen LogP contribution in [0.1, 0.15) is 38.3 Å². The molecule has 0 saturated carbocycles. The number of thiazole rings is 1. The number of ether oxygens (including phenoxy) is 1. The standard InChI is InChI=1S/C29H27N3O7S2/c1-18-7-13-24(23(15-18)27(35)22-5-3-4-6-25(22)39-2)31-28(36)32-29-30-16-20(40-29)17-41(37,38)21-11-8-19(9-12-21)10-14-26(33)34/h3-9,11-13,15-16H,10,14,17H2,1-2H3,(H,33,34)(H2,30,31,32,36). The zero-order valence-corrected chi connectivity index (χ0v) is 23.8. The third kappa shape index (κ3) is 7.56. The summed E-state index contributed by atoms with van der Waals surface area (Å²) < 4.78 is 31.1. The lowest BCUT2D eigenvalue weighted by Gasteiger charge is -2.13. The van der Waals surface area contributed by atoms with Crippen molar-refractivity contribution in [2.75, 3.05) is 17.7 Å². The first kappa shape index (κ1) is 29.4. The highest BCUT2D eigenvalue weighted by Gasteiger charge is 2.21. The Bertz CT molecular complexity index is 1700. The van der Waals surface area contributed by atoms with Gasteiger partial charge in [0.2, 0.25) is 0 Å². The highest BCUT2D eigenvalue weighted by atomic mass is 32.2. The smallest absolute Gasteiger partial charge is 0.325 e. The molecule has 0 aliphatic rings. The molecule has 0 bridgehead atoms. The highest BCUT2D eigenvalue weighted by Crippen LogP contribution is 2.27. The number of aliphatic carboxylic acids is 1. The van der Waals surface area contributed by atoms with Crippen molar-refractivity contribution in [3.63, 3.8) is 0 Å². The summed E-state index contributed by atoms with van der Waals surface area (Å²) in [5, 5.41) is 14.3. The van der Waals surface area contributed by atoms with Crippen LogP contribution in [0.5, 0.6) is 5.75 Å². The Morgan fingerprint density at radius 2 is 1.71 bits per heavy atom. The second-order valence-electron chi connectivity index (χ2n) is 9.09. The maximum absolute atomic E-state index is 13.3. The number of methoxy groups -OCH3 is 1. The number of hydrogen-bond acceptors (Lipinski definition) is 8. The number of carbonyl (C=O) groups excluding carboxylic acids is 2. The lowest BCUT2D eigenvalue weighted by Crippen LogP contribution is -2.21. The minimum atomic E-state index is -3.70. The van der Waals surface area contributed by atoms with Crippen LogP contribution in [-0.2, 0) is 26.8 Å². The van der Waals surface area contributed by atoms with Gasteiger partial charge in [0.25, 0.3) is 0 Å². The van der Waals surface area contributed by atoms with Crippen LogP contribution in [-0.4, -0.2) is 43.4 Å². The van der Waals surface area contributed by atoms with E-state index in [9.17, 15) is 22.8 Å². The van der Waals surface area contributed by atoms with Crippen molar-refractivity contribution in [1.29, 1.82) is 0 Å². The molecule has 10 nitrogen and oxygen atoms in total. The summed E-state index contributed by atoms with van der Waals surface area (Å²) in [6.45, 7) is 1.84. The van der Waals surface area contributed by atoms with E-state index in [1.165, 1.54) is 25.4 Å². The topological polar surface area (TPSA) is 152 Å². The van der Waals surface area contributed by atoms with Crippen LogP contribution in [0.15, 0.2) is 77.8 Å². The average molecular weight is 594 g/mol. The quantitative estimate of drug-likeness (QED) is 0.198. The average Bonchev–Trinajstić information content (AvgIpc) is 3.38. The molecule has 3 aromatic carbocycles. The SMILES string of the molecule is COc1ccccc1C(=O)c1cc(C)ccc1NC(=O)Nc1ncc(CS(=O)(=O)c2ccc(CCC(=O)O)cc2)s1. The molecule has 4 rings (SSSR count). The number of amides is 2. The predicted octanol–water partition coefficient (Wildman–Crippen LogP) is 5.33. The van der Waals surface area contributed by atoms with E-state index in [4.69, 9.17) is 9.84 Å². The third-order valence-electron chi connectivity index (χ3n) is 6.04. The van der Waals surface area contributed by atoms with Gasteiger partial charge in [-0.05, 0) is 55.3 Å². The molecule has 212 valence electrons. The number of aryl methyl sites for hydroxylation is 2. The molecular formula is C29H27N3O7S2. The van der Waals surface area contributed by atoms with E-state index in [2.05, 4.69) is 15.6 Å². The predicted molar refractivity (Wildman–Crippen MR) is 156 cm³/mol. The Morgan fingerprint density at radius 3 is 2.41 bits per heavy atom. The van der Waals surface area contributed by atoms with Gasteiger partial charge < -0.3 is 15.2 Å². The Morgan fingerprint density at radius 1 is 0.976 bits per heavy atom. The van der Waals surface area contributed by atoms with Crippen molar-refractivity contribution in [3.05, 3.63) is 100 Å². The molecule has 1 aromatic heterocycles. The normalized spacial score (nSPS) is 11.1. The second-order valence-corrected chi connectivity index (χ2v) is 12.2. The minimum absolute atomic E-state index is 0.0420. The first-order chi connectivity index (χ1) is 19.6. The van der Waals surface area contributed by atoms with E-state index in [1.54, 1.807) is 54.6 Å². The highest BCUT2D eigenvalue weighted by molar-refractivity contribution is 7.90. The largest absolute Gasteiger partial charge is 0.496 e. The Kier molecular flexibility index (Phi) is 9.15. The van der Waals surface area contributed by atoms with E-state index in [0.717, 1.165) is 22.5 Å². The second kappa shape index (κ2) is 12.7. The van der Waals surface area contributed by atoms with Crippen molar-refractivity contribution in [2.45, 2.75) is 30.4 Å². The van der Waals surface area contributed by atoms with Crippen LogP contribution in [0, 0.1) is 6.92 Å². The van der Waals surface area contributed by atoms with Crippen molar-refractivity contribution in [3.8, 4) is 5.75 Å². The monoisotopic (exact) mass is 593 g/mol. The van der Waals surface area contributed by atoms with Crippen molar-refractivity contribution < 1.29 is 32.6 Å².